The molecule has 0 aromatic heterocycles. The van der Waals surface area contributed by atoms with Crippen molar-refractivity contribution in [3.05, 3.63) is 12.2 Å². The summed E-state index contributed by atoms with van der Waals surface area (Å²) < 4.78 is 0. The van der Waals surface area contributed by atoms with E-state index in [2.05, 4.69) is 42.7 Å². The highest BCUT2D eigenvalue weighted by Gasteiger charge is 2.10. The van der Waals surface area contributed by atoms with Gasteiger partial charge >= 0.3 is 0 Å². The monoisotopic (exact) mass is 449 g/mol. The molecule has 0 aromatic carbocycles. The van der Waals surface area contributed by atoms with Gasteiger partial charge in [-0.3, -0.25) is 9.59 Å². The molecule has 0 aliphatic carbocycles. The van der Waals surface area contributed by atoms with Gasteiger partial charge < -0.3 is 22.1 Å². The van der Waals surface area contributed by atoms with Gasteiger partial charge in [-0.1, -0.05) is 26.0 Å². The van der Waals surface area contributed by atoms with Crippen LogP contribution in [0, 0.1) is 29.1 Å². The average Bonchev–Trinajstić information content (AvgIpc) is 2.80. The summed E-state index contributed by atoms with van der Waals surface area (Å²) in [6.07, 6.45) is 12.9. The molecule has 0 fully saturated rings. The van der Waals surface area contributed by atoms with Gasteiger partial charge in [-0.2, -0.15) is 5.26 Å². The second kappa shape index (κ2) is 21.0. The van der Waals surface area contributed by atoms with E-state index in [0.717, 1.165) is 57.9 Å². The molecule has 184 valence electrons. The van der Waals surface area contributed by atoms with Crippen LogP contribution >= 0.6 is 0 Å². The first kappa shape index (κ1) is 30.1. The fourth-order valence-corrected chi connectivity index (χ4v) is 3.26. The van der Waals surface area contributed by atoms with Gasteiger partial charge in [0.1, 0.15) is 0 Å². The van der Waals surface area contributed by atoms with E-state index in [9.17, 15) is 14.9 Å². The van der Waals surface area contributed by atoms with Gasteiger partial charge in [-0.15, -0.1) is 0 Å². The third kappa shape index (κ3) is 18.8. The van der Waals surface area contributed by atoms with Crippen molar-refractivity contribution in [2.75, 3.05) is 26.2 Å². The summed E-state index contributed by atoms with van der Waals surface area (Å²) in [5.74, 6) is 1.02. The van der Waals surface area contributed by atoms with Crippen molar-refractivity contribution >= 4 is 11.8 Å². The van der Waals surface area contributed by atoms with E-state index in [4.69, 9.17) is 11.5 Å². The molecule has 0 rings (SSSR count). The number of nitrogens with one attached hydrogen (secondary N) is 2. The molecule has 0 saturated heterocycles. The second-order valence-electron chi connectivity index (χ2n) is 8.97. The Kier molecular flexibility index (Phi) is 19.7. The molecule has 7 heteroatoms. The number of nitriles is 1. The predicted molar refractivity (Wildman–Crippen MR) is 131 cm³/mol. The largest absolute Gasteiger partial charge is 0.356 e. The number of nitrogens with zero attached hydrogens (tertiary/aromatic N) is 1. The zero-order valence-corrected chi connectivity index (χ0v) is 20.4. The van der Waals surface area contributed by atoms with Crippen LogP contribution in [0.15, 0.2) is 12.2 Å². The Hall–Kier alpha value is -1.91. The minimum absolute atomic E-state index is 0.0216. The summed E-state index contributed by atoms with van der Waals surface area (Å²) >= 11 is 0. The Morgan fingerprint density at radius 3 is 1.88 bits per heavy atom. The summed E-state index contributed by atoms with van der Waals surface area (Å²) in [7, 11) is 0. The number of allylic oxidation sites excluding steroid dienone is 2. The molecule has 3 unspecified atom stereocenters. The highest BCUT2D eigenvalue weighted by Crippen LogP contribution is 2.13. The summed E-state index contributed by atoms with van der Waals surface area (Å²) in [5, 5.41) is 15.2. The molecular weight excluding hydrogens is 402 g/mol. The van der Waals surface area contributed by atoms with Gasteiger partial charge in [0.15, 0.2) is 0 Å². The maximum absolute atomic E-state index is 11.9. The highest BCUT2D eigenvalue weighted by atomic mass is 16.2. The van der Waals surface area contributed by atoms with E-state index in [1.54, 1.807) is 0 Å². The summed E-state index contributed by atoms with van der Waals surface area (Å²) in [6.45, 7) is 7.00. The smallest absolute Gasteiger partial charge is 0.220 e. The van der Waals surface area contributed by atoms with Crippen LogP contribution in [0.25, 0.3) is 0 Å². The van der Waals surface area contributed by atoms with E-state index >= 15 is 0 Å². The van der Waals surface area contributed by atoms with Crippen molar-refractivity contribution in [3.8, 4) is 6.07 Å². The van der Waals surface area contributed by atoms with E-state index in [-0.39, 0.29) is 17.7 Å². The Balaban J connectivity index is 3.72. The van der Waals surface area contributed by atoms with E-state index in [0.29, 0.717) is 50.7 Å². The zero-order chi connectivity index (χ0) is 24.0. The van der Waals surface area contributed by atoms with Crippen LogP contribution < -0.4 is 22.1 Å². The topological polar surface area (TPSA) is 134 Å². The Labute approximate surface area is 195 Å². The molecule has 0 bridgehead atoms. The van der Waals surface area contributed by atoms with Gasteiger partial charge in [0, 0.05) is 31.8 Å². The third-order valence-electron chi connectivity index (χ3n) is 5.72. The lowest BCUT2D eigenvalue weighted by Gasteiger charge is -2.10. The number of carbonyl (C=O) groups is 2. The first-order valence-corrected chi connectivity index (χ1v) is 12.4. The van der Waals surface area contributed by atoms with Crippen LogP contribution in [0.5, 0.6) is 0 Å². The van der Waals surface area contributed by atoms with E-state index in [1.165, 1.54) is 0 Å². The van der Waals surface area contributed by atoms with Crippen molar-refractivity contribution in [2.24, 2.45) is 29.2 Å². The molecule has 0 radical (unpaired) electrons. The van der Waals surface area contributed by atoms with Crippen LogP contribution in [0.4, 0.5) is 0 Å². The van der Waals surface area contributed by atoms with E-state index in [1.807, 2.05) is 0 Å². The third-order valence-corrected chi connectivity index (χ3v) is 5.72. The quantitative estimate of drug-likeness (QED) is 0.167. The number of rotatable bonds is 20. The fraction of sp³-hybridized carbons (Fsp3) is 0.800. The second-order valence-corrected chi connectivity index (χ2v) is 8.97. The molecule has 7 nitrogen and oxygen atoms in total. The minimum Gasteiger partial charge on any atom is -0.356 e. The molecule has 32 heavy (non-hydrogen) atoms. The van der Waals surface area contributed by atoms with Crippen molar-refractivity contribution in [1.29, 1.82) is 5.26 Å². The van der Waals surface area contributed by atoms with Gasteiger partial charge in [-0.05, 0) is 82.7 Å². The van der Waals surface area contributed by atoms with Crippen LogP contribution in [0.2, 0.25) is 0 Å². The number of unbranched alkanes of at least 4 members (excludes halogenated alkanes) is 1. The van der Waals surface area contributed by atoms with Crippen molar-refractivity contribution in [2.45, 2.75) is 84.5 Å². The molecule has 0 saturated carbocycles. The number of hydrogen-bond acceptors (Lipinski definition) is 5. The highest BCUT2D eigenvalue weighted by molar-refractivity contribution is 5.76. The van der Waals surface area contributed by atoms with Crippen LogP contribution in [-0.2, 0) is 9.59 Å². The molecule has 6 N–H and O–H groups in total. The van der Waals surface area contributed by atoms with Gasteiger partial charge in [0.05, 0.1) is 6.07 Å². The first-order chi connectivity index (χ1) is 15.4. The first-order valence-electron chi connectivity index (χ1n) is 12.4. The summed E-state index contributed by atoms with van der Waals surface area (Å²) in [6, 6.07) is 2.31. The molecule has 0 aliphatic heterocycles. The lowest BCUT2D eigenvalue weighted by Crippen LogP contribution is -2.25. The Morgan fingerprint density at radius 1 is 0.812 bits per heavy atom. The molecule has 0 aliphatic rings. The van der Waals surface area contributed by atoms with Gasteiger partial charge in [0.2, 0.25) is 11.8 Å². The maximum Gasteiger partial charge on any atom is 0.220 e. The van der Waals surface area contributed by atoms with Crippen molar-refractivity contribution < 1.29 is 9.59 Å². The summed E-state index contributed by atoms with van der Waals surface area (Å²) in [4.78, 5) is 23.7. The van der Waals surface area contributed by atoms with Crippen LogP contribution in [0.3, 0.4) is 0 Å². The predicted octanol–water partition coefficient (Wildman–Crippen LogP) is 3.40. The normalized spacial score (nSPS) is 14.0. The Morgan fingerprint density at radius 2 is 1.34 bits per heavy atom. The lowest BCUT2D eigenvalue weighted by atomic mass is 9.98. The molecule has 3 atom stereocenters. The lowest BCUT2D eigenvalue weighted by molar-refractivity contribution is -0.122. The average molecular weight is 450 g/mol. The number of nitrogens with two attached hydrogens (primary N) is 2. The SMILES string of the molecule is CC(CN)CCCNC(=O)CCCC=CCCC(C#N)CCC(=O)NCCCC(C)CN. The fourth-order valence-electron chi connectivity index (χ4n) is 3.26. The van der Waals surface area contributed by atoms with Gasteiger partial charge in [-0.25, -0.2) is 0 Å². The van der Waals surface area contributed by atoms with Gasteiger partial charge in [0.25, 0.3) is 0 Å². The van der Waals surface area contributed by atoms with Crippen molar-refractivity contribution in [3.63, 3.8) is 0 Å². The van der Waals surface area contributed by atoms with Crippen LogP contribution in [-0.4, -0.2) is 38.0 Å². The molecular formula is C25H47N5O2. The molecule has 0 heterocycles. The number of amides is 2. The number of carbonyl (C=O) groups excluding carboxylic acids is 2. The van der Waals surface area contributed by atoms with E-state index < -0.39 is 0 Å². The van der Waals surface area contributed by atoms with Crippen LogP contribution in [0.1, 0.15) is 84.5 Å². The standard InChI is InChI=1S/C25H47N5O2/c1-21(18-26)10-8-16-29-24(31)13-7-5-3-4-6-12-23(20-28)14-15-25(32)30-17-9-11-22(2)19-27/h3-4,21-23H,5-19,26-27H2,1-2H3,(H,29,31)(H,30,32). The maximum atomic E-state index is 11.9. The molecule has 2 amide bonds. The minimum atomic E-state index is -0.101. The number of hydrogen-bond donors (Lipinski definition) is 4. The summed E-state index contributed by atoms with van der Waals surface area (Å²) in [5.41, 5.74) is 11.2. The zero-order valence-electron chi connectivity index (χ0n) is 20.4. The van der Waals surface area contributed by atoms with Crippen molar-refractivity contribution in [1.82, 2.24) is 10.6 Å². The molecule has 0 spiro atoms. The Bertz CT molecular complexity index is 559. The molecule has 0 aromatic rings.